The quantitative estimate of drug-likeness (QED) is 0.280. The van der Waals surface area contributed by atoms with Gasteiger partial charge in [-0.1, -0.05) is 24.3 Å². The fourth-order valence-corrected chi connectivity index (χ4v) is 5.17. The van der Waals surface area contributed by atoms with E-state index in [2.05, 4.69) is 4.90 Å². The van der Waals surface area contributed by atoms with Gasteiger partial charge in [0.05, 0.1) is 24.0 Å². The van der Waals surface area contributed by atoms with E-state index in [1.54, 1.807) is 11.5 Å². The van der Waals surface area contributed by atoms with E-state index in [4.69, 9.17) is 19.7 Å². The highest BCUT2D eigenvalue weighted by Crippen LogP contribution is 2.55. The molecule has 8 nitrogen and oxygen atoms in total. The van der Waals surface area contributed by atoms with E-state index in [9.17, 15) is 9.59 Å². The zero-order chi connectivity index (χ0) is 25.3. The molecule has 36 heavy (non-hydrogen) atoms. The number of nitrogens with one attached hydrogen (secondary N) is 1. The highest BCUT2D eigenvalue weighted by Gasteiger charge is 2.64. The summed E-state index contributed by atoms with van der Waals surface area (Å²) in [6.45, 7) is 2.11. The Hall–Kier alpha value is -3.72. The second-order valence-electron chi connectivity index (χ2n) is 9.46. The summed E-state index contributed by atoms with van der Waals surface area (Å²) in [5.74, 6) is -1.50. The predicted octanol–water partition coefficient (Wildman–Crippen LogP) is 3.78. The highest BCUT2D eigenvalue weighted by atomic mass is 19.1. The number of fused-ring (bicyclic) bond motifs is 1. The maximum Gasteiger partial charge on any atom is 0.312 e. The van der Waals surface area contributed by atoms with Crippen LogP contribution in [0.25, 0.3) is 10.9 Å². The third-order valence-corrected chi connectivity index (χ3v) is 7.21. The van der Waals surface area contributed by atoms with Crippen molar-refractivity contribution in [3.05, 3.63) is 65.5 Å². The number of aromatic nitrogens is 1. The van der Waals surface area contributed by atoms with Crippen LogP contribution in [0.4, 0.5) is 10.2 Å². The van der Waals surface area contributed by atoms with Gasteiger partial charge in [-0.15, -0.1) is 0 Å². The average molecular weight is 494 g/mol. The molecule has 3 aromatic rings. The maximum absolute atomic E-state index is 15.0. The fraction of sp³-hybridized carbons (Fsp3) is 0.370. The first-order chi connectivity index (χ1) is 17.4. The van der Waals surface area contributed by atoms with Crippen LogP contribution in [0, 0.1) is 17.2 Å². The molecule has 1 saturated heterocycles. The topological polar surface area (TPSA) is 101 Å². The molecule has 0 spiro atoms. The van der Waals surface area contributed by atoms with E-state index >= 15 is 4.39 Å². The highest BCUT2D eigenvalue weighted by molar-refractivity contribution is 5.93. The van der Waals surface area contributed by atoms with Gasteiger partial charge < -0.3 is 14.4 Å². The van der Waals surface area contributed by atoms with E-state index in [0.717, 1.165) is 48.2 Å². The number of hydrogen-bond donors (Lipinski definition) is 2. The number of nitrogens with zero attached hydrogens (tertiary/aromatic N) is 2. The summed E-state index contributed by atoms with van der Waals surface area (Å²) >= 11 is 0. The second-order valence-corrected chi connectivity index (χ2v) is 9.46. The summed E-state index contributed by atoms with van der Waals surface area (Å²) < 4.78 is 25.8. The first-order valence-electron chi connectivity index (χ1n) is 12.0. The van der Waals surface area contributed by atoms with E-state index in [1.807, 2.05) is 30.3 Å². The summed E-state index contributed by atoms with van der Waals surface area (Å²) in [7, 11) is 1.24. The molecule has 1 aromatic heterocycles. The molecule has 5 rings (SSSR count). The number of hydrogen-bond acceptors (Lipinski definition) is 7. The lowest BCUT2D eigenvalue weighted by Gasteiger charge is -2.19. The number of esters is 1. The summed E-state index contributed by atoms with van der Waals surface area (Å²) in [6, 6.07) is 14.4. The SMILES string of the molecule is COC(=O)C1(Cc2ccc(OCc3cc(N4CCCC4)nc4ccccc34)c(F)c2)CC1C(=O)NO. The molecule has 2 fully saturated rings. The smallest absolute Gasteiger partial charge is 0.312 e. The van der Waals surface area contributed by atoms with E-state index < -0.39 is 29.0 Å². The monoisotopic (exact) mass is 493 g/mol. The molecule has 1 aliphatic carbocycles. The Morgan fingerprint density at radius 1 is 1.19 bits per heavy atom. The van der Waals surface area contributed by atoms with Crippen LogP contribution in [0.5, 0.6) is 5.75 Å². The number of carbonyl (C=O) groups excluding carboxylic acids is 2. The van der Waals surface area contributed by atoms with Crippen molar-refractivity contribution in [1.82, 2.24) is 10.5 Å². The molecule has 2 aromatic carbocycles. The molecule has 1 aliphatic heterocycles. The normalized spacial score (nSPS) is 20.9. The van der Waals surface area contributed by atoms with Crippen molar-refractivity contribution in [1.29, 1.82) is 0 Å². The number of para-hydroxylation sites is 1. The van der Waals surface area contributed by atoms with E-state index in [-0.39, 0.29) is 25.2 Å². The summed E-state index contributed by atoms with van der Waals surface area (Å²) in [5.41, 5.74) is 2.80. The molecule has 0 radical (unpaired) electrons. The van der Waals surface area contributed by atoms with Gasteiger partial charge in [0.15, 0.2) is 11.6 Å². The van der Waals surface area contributed by atoms with Crippen molar-refractivity contribution in [2.24, 2.45) is 11.3 Å². The molecular formula is C27H28FN3O5. The number of methoxy groups -OCH3 is 1. The first kappa shape index (κ1) is 24.0. The molecular weight excluding hydrogens is 465 g/mol. The molecule has 0 bridgehead atoms. The number of benzene rings is 2. The van der Waals surface area contributed by atoms with Crippen LogP contribution >= 0.6 is 0 Å². The number of ether oxygens (including phenoxy) is 2. The minimum atomic E-state index is -1.11. The molecule has 1 amide bonds. The van der Waals surface area contributed by atoms with Crippen LogP contribution in [0.15, 0.2) is 48.5 Å². The van der Waals surface area contributed by atoms with Crippen molar-refractivity contribution >= 4 is 28.6 Å². The number of rotatable bonds is 8. The van der Waals surface area contributed by atoms with Gasteiger partial charge in [-0.25, -0.2) is 14.9 Å². The zero-order valence-electron chi connectivity index (χ0n) is 20.0. The van der Waals surface area contributed by atoms with Gasteiger partial charge in [-0.05, 0) is 55.5 Å². The van der Waals surface area contributed by atoms with Crippen molar-refractivity contribution < 1.29 is 28.7 Å². The van der Waals surface area contributed by atoms with E-state index in [1.165, 1.54) is 19.2 Å². The number of halogens is 1. The minimum Gasteiger partial charge on any atom is -0.486 e. The van der Waals surface area contributed by atoms with Gasteiger partial charge in [0.25, 0.3) is 0 Å². The van der Waals surface area contributed by atoms with Crippen molar-refractivity contribution in [3.8, 4) is 5.75 Å². The second kappa shape index (κ2) is 9.73. The number of pyridine rings is 1. The predicted molar refractivity (Wildman–Crippen MR) is 130 cm³/mol. The van der Waals surface area contributed by atoms with Crippen molar-refractivity contribution in [2.75, 3.05) is 25.1 Å². The van der Waals surface area contributed by atoms with Crippen LogP contribution in [0.3, 0.4) is 0 Å². The van der Waals surface area contributed by atoms with Crippen molar-refractivity contribution in [3.63, 3.8) is 0 Å². The molecule has 2 aliphatic rings. The van der Waals surface area contributed by atoms with Gasteiger partial charge in [-0.2, -0.15) is 0 Å². The van der Waals surface area contributed by atoms with E-state index in [0.29, 0.717) is 5.56 Å². The molecule has 2 atom stereocenters. The number of hydroxylamine groups is 1. The Labute approximate surface area is 208 Å². The van der Waals surface area contributed by atoms with Gasteiger partial charge in [0.1, 0.15) is 12.4 Å². The Bertz CT molecular complexity index is 1310. The third kappa shape index (κ3) is 4.46. The Kier molecular flexibility index (Phi) is 6.49. The largest absolute Gasteiger partial charge is 0.486 e. The molecule has 2 heterocycles. The first-order valence-corrected chi connectivity index (χ1v) is 12.0. The maximum atomic E-state index is 15.0. The standard InChI is InChI=1S/C27H28FN3O5/c1-35-26(33)27(15-20(27)25(32)30-34)14-17-8-9-23(21(28)12-17)36-16-18-13-24(31-10-4-5-11-31)29-22-7-3-2-6-19(18)22/h2-3,6-9,12-13,20,34H,4-5,10-11,14-16H2,1H3,(H,30,32). The Morgan fingerprint density at radius 3 is 2.69 bits per heavy atom. The van der Waals surface area contributed by atoms with Crippen LogP contribution in [0.1, 0.15) is 30.4 Å². The lowest BCUT2D eigenvalue weighted by molar-refractivity contribution is -0.149. The van der Waals surface area contributed by atoms with Gasteiger partial charge in [0.2, 0.25) is 5.91 Å². The molecule has 1 saturated carbocycles. The van der Waals surface area contributed by atoms with Crippen LogP contribution in [0.2, 0.25) is 0 Å². The van der Waals surface area contributed by atoms with Crippen LogP contribution in [-0.2, 0) is 27.4 Å². The average Bonchev–Trinajstić information content (AvgIpc) is 3.35. The summed E-state index contributed by atoms with van der Waals surface area (Å²) in [5, 5.41) is 9.90. The third-order valence-electron chi connectivity index (χ3n) is 7.21. The molecule has 9 heteroatoms. The lowest BCUT2D eigenvalue weighted by Crippen LogP contribution is -2.30. The molecule has 2 unspecified atom stereocenters. The van der Waals surface area contributed by atoms with Crippen LogP contribution < -0.4 is 15.1 Å². The molecule has 2 N–H and O–H groups in total. The molecule has 188 valence electrons. The van der Waals surface area contributed by atoms with Gasteiger partial charge in [-0.3, -0.25) is 14.8 Å². The lowest BCUT2D eigenvalue weighted by atomic mass is 9.93. The van der Waals surface area contributed by atoms with Gasteiger partial charge in [0, 0.05) is 24.0 Å². The van der Waals surface area contributed by atoms with Crippen molar-refractivity contribution in [2.45, 2.75) is 32.3 Å². The summed E-state index contributed by atoms with van der Waals surface area (Å²) in [4.78, 5) is 31.3. The Balaban J connectivity index is 1.34. The Morgan fingerprint density at radius 2 is 1.97 bits per heavy atom. The van der Waals surface area contributed by atoms with Gasteiger partial charge >= 0.3 is 5.97 Å². The minimum absolute atomic E-state index is 0.0925. The number of carbonyl (C=O) groups is 2. The fourth-order valence-electron chi connectivity index (χ4n) is 5.17. The number of amides is 1. The number of anilines is 1. The summed E-state index contributed by atoms with van der Waals surface area (Å²) in [6.07, 6.45) is 2.62. The zero-order valence-corrected chi connectivity index (χ0v) is 20.0. The van der Waals surface area contributed by atoms with Crippen LogP contribution in [-0.4, -0.2) is 42.3 Å².